The van der Waals surface area contributed by atoms with Gasteiger partial charge in [0.05, 0.1) is 0 Å². The number of rotatable bonds is 6. The van der Waals surface area contributed by atoms with E-state index in [9.17, 15) is 14.4 Å². The van der Waals surface area contributed by atoms with E-state index >= 15 is 0 Å². The third kappa shape index (κ3) is 7.96. The molecule has 1 unspecified atom stereocenters. The molecule has 0 amide bonds. The summed E-state index contributed by atoms with van der Waals surface area (Å²) in [6.45, 7) is 3.56. The molecule has 0 radical (unpaired) electrons. The molecule has 0 aliphatic rings. The minimum Gasteiger partial charge on any atom is -0.489 e. The Kier molecular flexibility index (Phi) is 8.36. The predicted octanol–water partition coefficient (Wildman–Crippen LogP) is 2.88. The van der Waals surface area contributed by atoms with Gasteiger partial charge in [0, 0.05) is 24.5 Å². The number of carboxylic acid groups (broad SMARTS) is 2. The van der Waals surface area contributed by atoms with Crippen LogP contribution in [0.15, 0.2) is 54.6 Å². The Morgan fingerprint density at radius 3 is 2.15 bits per heavy atom. The quantitative estimate of drug-likeness (QED) is 0.602. The van der Waals surface area contributed by atoms with Crippen molar-refractivity contribution < 1.29 is 34.1 Å². The van der Waals surface area contributed by atoms with Gasteiger partial charge >= 0.3 is 17.9 Å². The van der Waals surface area contributed by atoms with Crippen molar-refractivity contribution in [3.8, 4) is 5.75 Å². The number of carbonyl (C=O) groups excluding carboxylic acids is 1. The molecule has 2 rings (SSSR count). The third-order valence-corrected chi connectivity index (χ3v) is 2.96. The van der Waals surface area contributed by atoms with E-state index in [1.54, 1.807) is 0 Å². The van der Waals surface area contributed by atoms with Crippen LogP contribution in [0.3, 0.4) is 0 Å². The monoisotopic (exact) mass is 360 g/mol. The van der Waals surface area contributed by atoms with Gasteiger partial charge in [0.1, 0.15) is 18.5 Å². The highest BCUT2D eigenvalue weighted by molar-refractivity contribution is 5.89. The number of benzene rings is 2. The number of fused-ring (bicyclic) bond motifs is 1. The summed E-state index contributed by atoms with van der Waals surface area (Å²) in [5.74, 6) is -1.99. The summed E-state index contributed by atoms with van der Waals surface area (Å²) in [6, 6.07) is 13.9. The van der Waals surface area contributed by atoms with Crippen molar-refractivity contribution in [3.05, 3.63) is 54.6 Å². The zero-order valence-electron chi connectivity index (χ0n) is 14.4. The average Bonchev–Trinajstić information content (AvgIpc) is 2.58. The van der Waals surface area contributed by atoms with Gasteiger partial charge in [-0.3, -0.25) is 4.79 Å². The molecule has 0 heterocycles. The Bertz CT molecular complexity index is 774. The molecule has 0 saturated carbocycles. The summed E-state index contributed by atoms with van der Waals surface area (Å²) in [5, 5.41) is 17.8. The highest BCUT2D eigenvalue weighted by Crippen LogP contribution is 2.25. The molecule has 7 nitrogen and oxygen atoms in total. The van der Waals surface area contributed by atoms with Crippen molar-refractivity contribution in [2.45, 2.75) is 20.0 Å². The molecule has 2 N–H and O–H groups in total. The van der Waals surface area contributed by atoms with Gasteiger partial charge in [-0.05, 0) is 18.4 Å². The highest BCUT2D eigenvalue weighted by Gasteiger charge is 2.07. The van der Waals surface area contributed by atoms with Crippen LogP contribution < -0.4 is 4.74 Å². The van der Waals surface area contributed by atoms with E-state index in [-0.39, 0.29) is 12.1 Å². The molecular formula is C19H20O7. The predicted molar refractivity (Wildman–Crippen MR) is 95.1 cm³/mol. The molecule has 26 heavy (non-hydrogen) atoms. The fourth-order valence-electron chi connectivity index (χ4n) is 1.99. The van der Waals surface area contributed by atoms with Crippen molar-refractivity contribution in [2.75, 3.05) is 6.61 Å². The van der Waals surface area contributed by atoms with E-state index in [1.807, 2.05) is 49.4 Å². The zero-order valence-corrected chi connectivity index (χ0v) is 14.4. The van der Waals surface area contributed by atoms with Crippen LogP contribution in [0.1, 0.15) is 13.8 Å². The van der Waals surface area contributed by atoms with Gasteiger partial charge in [-0.1, -0.05) is 36.4 Å². The third-order valence-electron chi connectivity index (χ3n) is 2.96. The van der Waals surface area contributed by atoms with E-state index in [2.05, 4.69) is 0 Å². The Morgan fingerprint density at radius 2 is 1.58 bits per heavy atom. The molecule has 2 aromatic carbocycles. The molecule has 0 spiro atoms. The van der Waals surface area contributed by atoms with Crippen molar-refractivity contribution in [3.63, 3.8) is 0 Å². The lowest BCUT2D eigenvalue weighted by Crippen LogP contribution is -2.20. The van der Waals surface area contributed by atoms with Crippen molar-refractivity contribution in [1.82, 2.24) is 0 Å². The van der Waals surface area contributed by atoms with Crippen LogP contribution in [-0.4, -0.2) is 40.8 Å². The van der Waals surface area contributed by atoms with Crippen LogP contribution in [0, 0.1) is 0 Å². The van der Waals surface area contributed by atoms with E-state index in [4.69, 9.17) is 19.7 Å². The number of carboxylic acids is 2. The summed E-state index contributed by atoms with van der Waals surface area (Å²) in [6.07, 6.45) is 0.867. The number of hydrogen-bond acceptors (Lipinski definition) is 5. The lowest BCUT2D eigenvalue weighted by atomic mass is 10.1. The van der Waals surface area contributed by atoms with Crippen LogP contribution in [-0.2, 0) is 19.1 Å². The summed E-state index contributed by atoms with van der Waals surface area (Å²) in [4.78, 5) is 29.9. The molecule has 0 saturated heterocycles. The van der Waals surface area contributed by atoms with Gasteiger partial charge in [-0.15, -0.1) is 0 Å². The first-order valence-corrected chi connectivity index (χ1v) is 7.71. The highest BCUT2D eigenvalue weighted by atomic mass is 16.6. The van der Waals surface area contributed by atoms with E-state index in [0.29, 0.717) is 18.8 Å². The van der Waals surface area contributed by atoms with Crippen molar-refractivity contribution in [2.24, 2.45) is 0 Å². The molecule has 0 aliphatic heterocycles. The fourth-order valence-corrected chi connectivity index (χ4v) is 1.99. The second-order valence-corrected chi connectivity index (χ2v) is 5.22. The summed E-state index contributed by atoms with van der Waals surface area (Å²) in [5.41, 5.74) is 0. The standard InChI is InChI=1S/C15H16O3.C4H4O4/c1-11(18-12(2)16)10-17-15-9-5-7-13-6-3-4-8-14(13)15;5-3(6)1-2-4(7)8/h3-9,11H,10H2,1-2H3;1-2H,(H,5,6)(H,7,8)/b;2-1+. The van der Waals surface area contributed by atoms with Gasteiger partial charge in [0.25, 0.3) is 0 Å². The maximum absolute atomic E-state index is 10.8. The van der Waals surface area contributed by atoms with E-state index in [0.717, 1.165) is 16.5 Å². The first-order valence-electron chi connectivity index (χ1n) is 7.71. The fraction of sp³-hybridized carbons (Fsp3) is 0.211. The van der Waals surface area contributed by atoms with E-state index < -0.39 is 11.9 Å². The smallest absolute Gasteiger partial charge is 0.328 e. The Morgan fingerprint density at radius 1 is 1.00 bits per heavy atom. The maximum Gasteiger partial charge on any atom is 0.328 e. The number of esters is 1. The molecule has 2 aromatic rings. The Labute approximate surface area is 150 Å². The number of aliphatic carboxylic acids is 2. The topological polar surface area (TPSA) is 110 Å². The minimum atomic E-state index is -1.26. The second-order valence-electron chi connectivity index (χ2n) is 5.22. The van der Waals surface area contributed by atoms with Crippen LogP contribution in [0.2, 0.25) is 0 Å². The molecule has 1 atom stereocenters. The molecule has 0 fully saturated rings. The number of carbonyl (C=O) groups is 3. The van der Waals surface area contributed by atoms with Gasteiger partial charge in [-0.25, -0.2) is 9.59 Å². The molecule has 0 aromatic heterocycles. The van der Waals surface area contributed by atoms with Gasteiger partial charge in [-0.2, -0.15) is 0 Å². The number of ether oxygens (including phenoxy) is 2. The Hall–Kier alpha value is -3.35. The second kappa shape index (κ2) is 10.5. The zero-order chi connectivity index (χ0) is 19.5. The Balaban J connectivity index is 0.000000359. The van der Waals surface area contributed by atoms with Crippen LogP contribution in [0.5, 0.6) is 5.75 Å². The molecule has 0 aliphatic carbocycles. The van der Waals surface area contributed by atoms with E-state index in [1.165, 1.54) is 6.92 Å². The largest absolute Gasteiger partial charge is 0.489 e. The van der Waals surface area contributed by atoms with Gasteiger partial charge < -0.3 is 19.7 Å². The van der Waals surface area contributed by atoms with Crippen molar-refractivity contribution in [1.29, 1.82) is 0 Å². The van der Waals surface area contributed by atoms with Gasteiger partial charge in [0.2, 0.25) is 0 Å². The molecule has 0 bridgehead atoms. The van der Waals surface area contributed by atoms with Crippen LogP contribution in [0.25, 0.3) is 10.8 Å². The van der Waals surface area contributed by atoms with Crippen LogP contribution >= 0.6 is 0 Å². The van der Waals surface area contributed by atoms with Crippen LogP contribution in [0.4, 0.5) is 0 Å². The van der Waals surface area contributed by atoms with Gasteiger partial charge in [0.15, 0.2) is 0 Å². The first kappa shape index (κ1) is 20.7. The SMILES string of the molecule is CC(=O)OC(C)COc1cccc2ccccc12.O=C(O)/C=C/C(=O)O. The number of hydrogen-bond donors (Lipinski definition) is 2. The summed E-state index contributed by atoms with van der Waals surface area (Å²) < 4.78 is 10.7. The lowest BCUT2D eigenvalue weighted by Gasteiger charge is -2.14. The first-order chi connectivity index (χ1) is 12.3. The van der Waals surface area contributed by atoms with Crippen molar-refractivity contribution >= 4 is 28.7 Å². The normalized spacial score (nSPS) is 11.3. The summed E-state index contributed by atoms with van der Waals surface area (Å²) >= 11 is 0. The summed E-state index contributed by atoms with van der Waals surface area (Å²) in [7, 11) is 0. The molecule has 138 valence electrons. The average molecular weight is 360 g/mol. The lowest BCUT2D eigenvalue weighted by molar-refractivity contribution is -0.146. The maximum atomic E-state index is 10.8. The molecular weight excluding hydrogens is 340 g/mol. The minimum absolute atomic E-state index is 0.249. The molecule has 7 heteroatoms.